The van der Waals surface area contributed by atoms with Gasteiger partial charge in [-0.3, -0.25) is 4.79 Å². The number of ether oxygens (including phenoxy) is 1. The third-order valence-electron chi connectivity index (χ3n) is 3.12. The quantitative estimate of drug-likeness (QED) is 0.653. The van der Waals surface area contributed by atoms with Crippen LogP contribution >= 0.6 is 27.5 Å². The highest BCUT2D eigenvalue weighted by molar-refractivity contribution is 9.10. The second-order valence-electron chi connectivity index (χ2n) is 5.06. The van der Waals surface area contributed by atoms with E-state index in [1.807, 2.05) is 18.2 Å². The van der Waals surface area contributed by atoms with Gasteiger partial charge in [0.25, 0.3) is 0 Å². The van der Waals surface area contributed by atoms with E-state index in [4.69, 9.17) is 16.3 Å². The van der Waals surface area contributed by atoms with Gasteiger partial charge >= 0.3 is 0 Å². The standard InChI is InChI=1S/C17H16BrClO2/c1-11(2)15-9-13(18)5-8-17(15)21-10-16(20)12-3-6-14(19)7-4-12/h3-9,11H,10H2,1-2H3. The van der Waals surface area contributed by atoms with Crippen LogP contribution in [-0.2, 0) is 0 Å². The predicted octanol–water partition coefficient (Wildman–Crippen LogP) is 5.49. The van der Waals surface area contributed by atoms with Crippen molar-refractivity contribution in [1.82, 2.24) is 0 Å². The van der Waals surface area contributed by atoms with Crippen LogP contribution in [0, 0.1) is 0 Å². The average Bonchev–Trinajstić information content (AvgIpc) is 2.46. The molecule has 0 aliphatic rings. The summed E-state index contributed by atoms with van der Waals surface area (Å²) >= 11 is 9.27. The molecule has 0 radical (unpaired) electrons. The van der Waals surface area contributed by atoms with E-state index in [9.17, 15) is 4.79 Å². The number of carbonyl (C=O) groups is 1. The Morgan fingerprint density at radius 1 is 1.19 bits per heavy atom. The van der Waals surface area contributed by atoms with E-state index in [-0.39, 0.29) is 12.4 Å². The summed E-state index contributed by atoms with van der Waals surface area (Å²) in [7, 11) is 0. The number of ketones is 1. The average molecular weight is 368 g/mol. The minimum absolute atomic E-state index is 0.0168. The maximum Gasteiger partial charge on any atom is 0.200 e. The molecule has 4 heteroatoms. The molecule has 0 atom stereocenters. The molecule has 2 aromatic carbocycles. The summed E-state index contributed by atoms with van der Waals surface area (Å²) in [6.07, 6.45) is 0. The summed E-state index contributed by atoms with van der Waals surface area (Å²) in [5.74, 6) is 1.00. The first kappa shape index (κ1) is 16.1. The third kappa shape index (κ3) is 4.32. The van der Waals surface area contributed by atoms with E-state index >= 15 is 0 Å². The zero-order chi connectivity index (χ0) is 15.4. The fraction of sp³-hybridized carbons (Fsp3) is 0.235. The highest BCUT2D eigenvalue weighted by Crippen LogP contribution is 2.29. The summed E-state index contributed by atoms with van der Waals surface area (Å²) in [6, 6.07) is 12.6. The van der Waals surface area contributed by atoms with Crippen molar-refractivity contribution in [2.45, 2.75) is 19.8 Å². The maximum atomic E-state index is 12.1. The van der Waals surface area contributed by atoms with Gasteiger partial charge in [0, 0.05) is 15.1 Å². The van der Waals surface area contributed by atoms with Gasteiger partial charge in [-0.05, 0) is 53.9 Å². The maximum absolute atomic E-state index is 12.1. The summed E-state index contributed by atoms with van der Waals surface area (Å²) in [5, 5.41) is 0.613. The van der Waals surface area contributed by atoms with Gasteiger partial charge in [-0.1, -0.05) is 41.4 Å². The van der Waals surface area contributed by atoms with Gasteiger partial charge in [0.2, 0.25) is 0 Å². The minimum atomic E-state index is -0.0655. The van der Waals surface area contributed by atoms with Crippen LogP contribution in [0.3, 0.4) is 0 Å². The minimum Gasteiger partial charge on any atom is -0.485 e. The van der Waals surface area contributed by atoms with Gasteiger partial charge in [0.05, 0.1) is 0 Å². The van der Waals surface area contributed by atoms with Crippen LogP contribution in [0.5, 0.6) is 5.75 Å². The molecule has 0 bridgehead atoms. The van der Waals surface area contributed by atoms with Crippen LogP contribution in [0.4, 0.5) is 0 Å². The van der Waals surface area contributed by atoms with Crippen molar-refractivity contribution in [2.75, 3.05) is 6.61 Å². The van der Waals surface area contributed by atoms with Gasteiger partial charge < -0.3 is 4.74 Å². The second kappa shape index (κ2) is 7.10. The van der Waals surface area contributed by atoms with Gasteiger partial charge in [-0.25, -0.2) is 0 Å². The zero-order valence-corrected chi connectivity index (χ0v) is 14.2. The van der Waals surface area contributed by atoms with Gasteiger partial charge in [0.1, 0.15) is 5.75 Å². The third-order valence-corrected chi connectivity index (χ3v) is 3.86. The van der Waals surface area contributed by atoms with Gasteiger partial charge in [0.15, 0.2) is 12.4 Å². The second-order valence-corrected chi connectivity index (χ2v) is 6.41. The number of halogens is 2. The molecule has 2 aromatic rings. The lowest BCUT2D eigenvalue weighted by atomic mass is 10.0. The molecule has 0 aliphatic heterocycles. The lowest BCUT2D eigenvalue weighted by Gasteiger charge is -2.14. The highest BCUT2D eigenvalue weighted by atomic mass is 79.9. The number of rotatable bonds is 5. The predicted molar refractivity (Wildman–Crippen MR) is 89.5 cm³/mol. The van der Waals surface area contributed by atoms with Crippen molar-refractivity contribution in [2.24, 2.45) is 0 Å². The number of hydrogen-bond donors (Lipinski definition) is 0. The Morgan fingerprint density at radius 3 is 2.48 bits per heavy atom. The Balaban J connectivity index is 2.09. The Labute approximate surface area is 138 Å². The number of carbonyl (C=O) groups excluding carboxylic acids is 1. The molecule has 0 fully saturated rings. The topological polar surface area (TPSA) is 26.3 Å². The van der Waals surface area contributed by atoms with E-state index < -0.39 is 0 Å². The Hall–Kier alpha value is -1.32. The molecule has 2 nitrogen and oxygen atoms in total. The van der Waals surface area contributed by atoms with Gasteiger partial charge in [-0.15, -0.1) is 0 Å². The van der Waals surface area contributed by atoms with Crippen molar-refractivity contribution in [3.63, 3.8) is 0 Å². The van der Waals surface area contributed by atoms with Crippen LogP contribution in [0.25, 0.3) is 0 Å². The number of benzene rings is 2. The van der Waals surface area contributed by atoms with Crippen molar-refractivity contribution in [1.29, 1.82) is 0 Å². The summed E-state index contributed by atoms with van der Waals surface area (Å²) in [4.78, 5) is 12.1. The molecule has 0 amide bonds. The molecule has 0 unspecified atom stereocenters. The van der Waals surface area contributed by atoms with Crippen LogP contribution in [0.2, 0.25) is 5.02 Å². The monoisotopic (exact) mass is 366 g/mol. The smallest absolute Gasteiger partial charge is 0.200 e. The first-order valence-electron chi connectivity index (χ1n) is 6.68. The molecule has 110 valence electrons. The summed E-state index contributed by atoms with van der Waals surface area (Å²) in [6.45, 7) is 4.20. The molecule has 0 saturated heterocycles. The first-order chi connectivity index (χ1) is 9.97. The highest BCUT2D eigenvalue weighted by Gasteiger charge is 2.11. The number of hydrogen-bond acceptors (Lipinski definition) is 2. The molecule has 0 spiro atoms. The van der Waals surface area contributed by atoms with Crippen LogP contribution in [-0.4, -0.2) is 12.4 Å². The number of Topliss-reactive ketones (excluding diaryl/α,β-unsaturated/α-hetero) is 1. The molecule has 0 saturated carbocycles. The molecule has 0 aromatic heterocycles. The molecule has 21 heavy (non-hydrogen) atoms. The first-order valence-corrected chi connectivity index (χ1v) is 7.85. The van der Waals surface area contributed by atoms with E-state index in [1.165, 1.54) is 0 Å². The Kier molecular flexibility index (Phi) is 5.43. The molecular formula is C17H16BrClO2. The molecule has 0 N–H and O–H groups in total. The van der Waals surface area contributed by atoms with Crippen molar-refractivity contribution in [3.8, 4) is 5.75 Å². The van der Waals surface area contributed by atoms with Crippen molar-refractivity contribution in [3.05, 3.63) is 63.1 Å². The SMILES string of the molecule is CC(C)c1cc(Br)ccc1OCC(=O)c1ccc(Cl)cc1. The van der Waals surface area contributed by atoms with E-state index in [0.29, 0.717) is 16.5 Å². The molecule has 0 aliphatic carbocycles. The Morgan fingerprint density at radius 2 is 1.86 bits per heavy atom. The fourth-order valence-electron chi connectivity index (χ4n) is 1.96. The van der Waals surface area contributed by atoms with E-state index in [1.54, 1.807) is 24.3 Å². The van der Waals surface area contributed by atoms with Crippen LogP contribution < -0.4 is 4.74 Å². The van der Waals surface area contributed by atoms with Crippen molar-refractivity contribution < 1.29 is 9.53 Å². The van der Waals surface area contributed by atoms with Crippen LogP contribution in [0.1, 0.15) is 35.7 Å². The Bertz CT molecular complexity index is 636. The molecule has 0 heterocycles. The van der Waals surface area contributed by atoms with E-state index in [0.717, 1.165) is 15.8 Å². The lowest BCUT2D eigenvalue weighted by molar-refractivity contribution is 0.0920. The molecular weight excluding hydrogens is 352 g/mol. The zero-order valence-electron chi connectivity index (χ0n) is 11.9. The fourth-order valence-corrected chi connectivity index (χ4v) is 2.47. The van der Waals surface area contributed by atoms with E-state index in [2.05, 4.69) is 29.8 Å². The van der Waals surface area contributed by atoms with Crippen LogP contribution in [0.15, 0.2) is 46.9 Å². The largest absolute Gasteiger partial charge is 0.485 e. The summed E-state index contributed by atoms with van der Waals surface area (Å²) < 4.78 is 6.70. The van der Waals surface area contributed by atoms with Crippen molar-refractivity contribution >= 4 is 33.3 Å². The van der Waals surface area contributed by atoms with Gasteiger partial charge in [-0.2, -0.15) is 0 Å². The lowest BCUT2D eigenvalue weighted by Crippen LogP contribution is -2.12. The summed E-state index contributed by atoms with van der Waals surface area (Å²) in [5.41, 5.74) is 1.68. The molecule has 2 rings (SSSR count). The normalized spacial score (nSPS) is 10.7.